The van der Waals surface area contributed by atoms with Gasteiger partial charge < -0.3 is 14.6 Å². The molecule has 1 aromatic heterocycles. The lowest BCUT2D eigenvalue weighted by Gasteiger charge is -2.06. The summed E-state index contributed by atoms with van der Waals surface area (Å²) >= 11 is 27.9. The standard InChI is InChI=1S/C18H15NO3.C6HCl5O/c20-16(21)12-11-15-19-17(13-7-3-1-4-8-13)18(22-15)14-9-5-2-6-10-14;7-1-2(8)4(10)6(12)5(11)3(1)9/h1-10H,11-12H2,(H,20,21);12H. The number of phenolic OH excluding ortho intramolecular Hbond substituents is 1. The van der Waals surface area contributed by atoms with E-state index in [9.17, 15) is 9.90 Å². The van der Waals surface area contributed by atoms with Crippen molar-refractivity contribution < 1.29 is 19.4 Å². The van der Waals surface area contributed by atoms with Crippen LogP contribution in [-0.2, 0) is 11.2 Å². The van der Waals surface area contributed by atoms with Gasteiger partial charge in [0.1, 0.15) is 15.7 Å². The lowest BCUT2D eigenvalue weighted by molar-refractivity contribution is -0.137. The summed E-state index contributed by atoms with van der Waals surface area (Å²) in [4.78, 5) is 15.2. The van der Waals surface area contributed by atoms with Crippen LogP contribution in [0, 0.1) is 0 Å². The van der Waals surface area contributed by atoms with Gasteiger partial charge in [0.25, 0.3) is 0 Å². The minimum absolute atomic E-state index is 0.00295. The van der Waals surface area contributed by atoms with E-state index >= 15 is 0 Å². The topological polar surface area (TPSA) is 83.6 Å². The molecule has 0 saturated carbocycles. The Morgan fingerprint density at radius 3 is 1.74 bits per heavy atom. The summed E-state index contributed by atoms with van der Waals surface area (Å²) in [5.74, 6) is -0.106. The fourth-order valence-corrected chi connectivity index (χ4v) is 3.98. The predicted molar refractivity (Wildman–Crippen MR) is 136 cm³/mol. The first-order valence-electron chi connectivity index (χ1n) is 9.73. The van der Waals surface area contributed by atoms with Crippen LogP contribution in [0.5, 0.6) is 5.75 Å². The van der Waals surface area contributed by atoms with Gasteiger partial charge >= 0.3 is 5.97 Å². The second-order valence-corrected chi connectivity index (χ2v) is 8.72. The molecule has 4 rings (SSSR count). The molecule has 0 aliphatic rings. The first-order valence-corrected chi connectivity index (χ1v) is 11.6. The van der Waals surface area contributed by atoms with Crippen LogP contribution in [0.15, 0.2) is 65.1 Å². The maximum Gasteiger partial charge on any atom is 0.303 e. The molecule has 0 atom stereocenters. The van der Waals surface area contributed by atoms with Crippen molar-refractivity contribution in [1.82, 2.24) is 4.98 Å². The molecule has 0 saturated heterocycles. The fraction of sp³-hybridized carbons (Fsp3) is 0.0833. The van der Waals surface area contributed by atoms with Crippen molar-refractivity contribution in [2.75, 3.05) is 0 Å². The third-order valence-corrected chi connectivity index (χ3v) is 6.75. The number of hydrogen-bond donors (Lipinski definition) is 2. The van der Waals surface area contributed by atoms with E-state index in [1.54, 1.807) is 0 Å². The summed E-state index contributed by atoms with van der Waals surface area (Å²) in [6.45, 7) is 0. The maximum absolute atomic E-state index is 10.7. The first-order chi connectivity index (χ1) is 16.2. The van der Waals surface area contributed by atoms with E-state index in [0.717, 1.165) is 16.8 Å². The predicted octanol–water partition coefficient (Wildman–Crippen LogP) is 8.68. The summed E-state index contributed by atoms with van der Waals surface area (Å²) in [5, 5.41) is 17.8. The van der Waals surface area contributed by atoms with Gasteiger partial charge in [-0.1, -0.05) is 119 Å². The van der Waals surface area contributed by atoms with Crippen LogP contribution in [-0.4, -0.2) is 21.2 Å². The highest BCUT2D eigenvalue weighted by Gasteiger charge is 2.18. The van der Waals surface area contributed by atoms with E-state index in [2.05, 4.69) is 4.98 Å². The molecule has 0 fully saturated rings. The average Bonchev–Trinajstić information content (AvgIpc) is 3.30. The molecule has 176 valence electrons. The van der Waals surface area contributed by atoms with Crippen LogP contribution in [0.2, 0.25) is 25.1 Å². The fourth-order valence-electron chi connectivity index (χ4n) is 2.86. The minimum Gasteiger partial charge on any atom is -0.505 e. The Hall–Kier alpha value is -2.41. The van der Waals surface area contributed by atoms with E-state index in [-0.39, 0.29) is 43.7 Å². The van der Waals surface area contributed by atoms with Crippen LogP contribution in [0.25, 0.3) is 22.6 Å². The molecule has 0 radical (unpaired) electrons. The number of benzene rings is 3. The van der Waals surface area contributed by atoms with Crippen LogP contribution in [0.3, 0.4) is 0 Å². The number of carboxylic acid groups (broad SMARTS) is 1. The highest BCUT2D eigenvalue weighted by molar-refractivity contribution is 6.55. The van der Waals surface area contributed by atoms with Crippen molar-refractivity contribution >= 4 is 64.0 Å². The number of phenols is 1. The number of rotatable bonds is 5. The van der Waals surface area contributed by atoms with Gasteiger partial charge in [-0.3, -0.25) is 4.79 Å². The van der Waals surface area contributed by atoms with E-state index in [1.807, 2.05) is 60.7 Å². The van der Waals surface area contributed by atoms with Gasteiger partial charge in [0.15, 0.2) is 17.4 Å². The first kappa shape index (κ1) is 26.2. The summed E-state index contributed by atoms with van der Waals surface area (Å²) in [7, 11) is 0. The molecule has 3 aromatic carbocycles. The van der Waals surface area contributed by atoms with Crippen molar-refractivity contribution in [2.45, 2.75) is 12.8 Å². The van der Waals surface area contributed by atoms with Crippen molar-refractivity contribution in [2.24, 2.45) is 0 Å². The summed E-state index contributed by atoms with van der Waals surface area (Å²) in [6, 6.07) is 19.5. The molecule has 0 aliphatic heterocycles. The Morgan fingerprint density at radius 2 is 1.24 bits per heavy atom. The number of carboxylic acids is 1. The second kappa shape index (κ2) is 11.8. The molecule has 34 heavy (non-hydrogen) atoms. The second-order valence-electron chi connectivity index (χ2n) is 6.83. The molecular weight excluding hydrogens is 544 g/mol. The third kappa shape index (κ3) is 6.17. The summed E-state index contributed by atoms with van der Waals surface area (Å²) in [5.41, 5.74) is 2.62. The number of aromatic nitrogens is 1. The van der Waals surface area contributed by atoms with Crippen molar-refractivity contribution in [3.63, 3.8) is 0 Å². The Balaban J connectivity index is 0.000000229. The van der Waals surface area contributed by atoms with Gasteiger partial charge in [0, 0.05) is 17.5 Å². The molecule has 4 aromatic rings. The SMILES string of the molecule is O=C(O)CCc1nc(-c2ccccc2)c(-c2ccccc2)o1.Oc1c(Cl)c(Cl)c(Cl)c(Cl)c1Cl. The monoisotopic (exact) mass is 557 g/mol. The lowest BCUT2D eigenvalue weighted by atomic mass is 10.1. The van der Waals surface area contributed by atoms with E-state index < -0.39 is 5.97 Å². The van der Waals surface area contributed by atoms with E-state index in [1.165, 1.54) is 0 Å². The van der Waals surface area contributed by atoms with Gasteiger partial charge in [0.2, 0.25) is 0 Å². The maximum atomic E-state index is 10.7. The quantitative estimate of drug-likeness (QED) is 0.189. The Bertz CT molecular complexity index is 1130. The molecule has 1 heterocycles. The lowest BCUT2D eigenvalue weighted by Crippen LogP contribution is -1.97. The third-order valence-electron chi connectivity index (χ3n) is 4.49. The number of aromatic hydroxyl groups is 1. The number of aliphatic carboxylic acids is 1. The molecular formula is C24H16Cl5NO4. The zero-order valence-corrected chi connectivity index (χ0v) is 21.0. The number of carbonyl (C=O) groups is 1. The van der Waals surface area contributed by atoms with Crippen LogP contribution < -0.4 is 0 Å². The Morgan fingerprint density at radius 1 is 0.765 bits per heavy atom. The molecule has 0 spiro atoms. The average molecular weight is 560 g/mol. The van der Waals surface area contributed by atoms with Gasteiger partial charge in [-0.05, 0) is 0 Å². The van der Waals surface area contributed by atoms with E-state index in [4.69, 9.17) is 67.5 Å². The number of halogens is 5. The van der Waals surface area contributed by atoms with Crippen molar-refractivity contribution in [3.8, 4) is 28.3 Å². The normalized spacial score (nSPS) is 10.5. The van der Waals surface area contributed by atoms with Crippen molar-refractivity contribution in [3.05, 3.63) is 91.7 Å². The largest absolute Gasteiger partial charge is 0.505 e. The van der Waals surface area contributed by atoms with Crippen LogP contribution >= 0.6 is 58.0 Å². The highest BCUT2D eigenvalue weighted by atomic mass is 35.5. The van der Waals surface area contributed by atoms with Gasteiger partial charge in [-0.25, -0.2) is 4.98 Å². The Labute approximate surface area is 220 Å². The molecule has 0 unspecified atom stereocenters. The van der Waals surface area contributed by atoms with Gasteiger partial charge in [0.05, 0.1) is 21.5 Å². The molecule has 10 heteroatoms. The molecule has 5 nitrogen and oxygen atoms in total. The van der Waals surface area contributed by atoms with Crippen LogP contribution in [0.1, 0.15) is 12.3 Å². The molecule has 2 N–H and O–H groups in total. The number of nitrogens with zero attached hydrogens (tertiary/aromatic N) is 1. The number of aryl methyl sites for hydroxylation is 1. The zero-order valence-electron chi connectivity index (χ0n) is 17.2. The Kier molecular flexibility index (Phi) is 9.11. The zero-order chi connectivity index (χ0) is 24.8. The highest BCUT2D eigenvalue weighted by Crippen LogP contribution is 2.47. The summed E-state index contributed by atoms with van der Waals surface area (Å²) < 4.78 is 5.83. The number of oxazole rings is 1. The van der Waals surface area contributed by atoms with E-state index in [0.29, 0.717) is 11.7 Å². The molecule has 0 bridgehead atoms. The van der Waals surface area contributed by atoms with Crippen LogP contribution in [0.4, 0.5) is 0 Å². The van der Waals surface area contributed by atoms with Gasteiger partial charge in [-0.2, -0.15) is 0 Å². The summed E-state index contributed by atoms with van der Waals surface area (Å²) in [6.07, 6.45) is 0.283. The van der Waals surface area contributed by atoms with Gasteiger partial charge in [-0.15, -0.1) is 0 Å². The minimum atomic E-state index is -0.860. The smallest absolute Gasteiger partial charge is 0.303 e. The molecule has 0 amide bonds. The molecule has 0 aliphatic carbocycles. The van der Waals surface area contributed by atoms with Crippen molar-refractivity contribution in [1.29, 1.82) is 0 Å². The number of hydrogen-bond acceptors (Lipinski definition) is 4.